The van der Waals surface area contributed by atoms with Crippen LogP contribution in [-0.4, -0.2) is 493 Å². The van der Waals surface area contributed by atoms with Gasteiger partial charge >= 0.3 is 18.3 Å². The van der Waals surface area contributed by atoms with Gasteiger partial charge in [0.15, 0.2) is 0 Å². The molecule has 0 aliphatic carbocycles. The maximum Gasteiger partial charge on any atom is 0.389 e. The first-order valence-corrected chi connectivity index (χ1v) is 42.8. The van der Waals surface area contributed by atoms with Gasteiger partial charge in [-0.05, 0) is 13.1 Å². The molecule has 1 aliphatic heterocycles. The summed E-state index contributed by atoms with van der Waals surface area (Å²) in [5, 5.41) is 24.1. The van der Waals surface area contributed by atoms with E-state index in [9.17, 15) is 79.4 Å². The molecule has 47 heteroatoms. The van der Waals surface area contributed by atoms with Gasteiger partial charge in [-0.2, -0.15) is 26.3 Å². The van der Waals surface area contributed by atoms with Gasteiger partial charge < -0.3 is 142 Å². The second-order valence-corrected chi connectivity index (χ2v) is 28.5. The minimum atomic E-state index is -5.44. The number of hydrogen-bond donors (Lipinski definition) is 7. The Morgan fingerprint density at radius 2 is 0.569 bits per heavy atom. The van der Waals surface area contributed by atoms with Crippen LogP contribution in [0.2, 0.25) is 0 Å². The average Bonchev–Trinajstić information content (AvgIpc) is 0.815. The second kappa shape index (κ2) is 79.3. The minimum absolute atomic E-state index is 0.0514. The standard InChI is InChI=1S/C83H137F6N13O28/c1-7-25-114-33-41-122-49-53-126-45-37-118-29-13-90-73(105)59-100(60-74(106)91-14-30-119-38-46-127-54-50-123-42-34-115-26-8-2)77(109)63-102(64-78(110)101(61-75(107)92-15-31-120-39-47-128-55-51-124-43-35-116-27-9-3)62-76(108)93-16-32-121-40-48-129-56-52-125-44-36-117-28-10-4)79(111)66-130-70-81(67-82(84,85)86,68-83(87,88)89)69-95-71(103)57-94-72(104)58-98-21-19-96(11-5)17-18-97(12-6)20-22-99(24-23-98)65-80(112)113/h1-4H,11-70H2,5-6H3,(H,90,105)(H,91,106)(H,92,107)(H,93,108)(H,94,104)(H,95,103)(H,112,113). The van der Waals surface area contributed by atoms with E-state index in [1.165, 1.54) is 0 Å². The van der Waals surface area contributed by atoms with E-state index in [0.717, 1.165) is 6.54 Å². The van der Waals surface area contributed by atoms with E-state index in [1.807, 2.05) is 19.2 Å². The Bertz CT molecular complexity index is 3000. The number of hydrogen-bond acceptors (Lipinski definition) is 31. The lowest BCUT2D eigenvalue weighted by atomic mass is 9.81. The molecular weight excluding hydrogens is 1740 g/mol. The van der Waals surface area contributed by atoms with Crippen LogP contribution < -0.4 is 31.9 Å². The van der Waals surface area contributed by atoms with Gasteiger partial charge in [0.25, 0.3) is 0 Å². The molecule has 0 aromatic carbocycles. The van der Waals surface area contributed by atoms with E-state index in [-0.39, 0.29) is 264 Å². The first kappa shape index (κ1) is 120. The molecule has 0 atom stereocenters. The zero-order valence-electron chi connectivity index (χ0n) is 75.1. The number of nitrogens with zero attached hydrogens (tertiary/aromatic N) is 7. The van der Waals surface area contributed by atoms with Gasteiger partial charge in [0.2, 0.25) is 53.2 Å². The summed E-state index contributed by atoms with van der Waals surface area (Å²) in [5.74, 6) is -1.55. The van der Waals surface area contributed by atoms with Crippen molar-refractivity contribution in [2.75, 3.05) is 382 Å². The van der Waals surface area contributed by atoms with E-state index in [0.29, 0.717) is 60.5 Å². The number of nitrogens with one attached hydrogen (secondary N) is 6. The van der Waals surface area contributed by atoms with Crippen molar-refractivity contribution in [3.63, 3.8) is 0 Å². The predicted octanol–water partition coefficient (Wildman–Crippen LogP) is -3.78. The molecule has 41 nitrogen and oxygen atoms in total. The summed E-state index contributed by atoms with van der Waals surface area (Å²) in [6.07, 6.45) is 5.16. The molecule has 0 radical (unpaired) electrons. The molecule has 1 rings (SSSR count). The van der Waals surface area contributed by atoms with Gasteiger partial charge in [-0.1, -0.05) is 37.5 Å². The number of likely N-dealkylation sites (N-methyl/N-ethyl adjacent to an activating group) is 2. The second-order valence-electron chi connectivity index (χ2n) is 28.5. The fraction of sp³-hybridized carbons (Fsp3) is 0.783. The molecule has 9 amide bonds. The van der Waals surface area contributed by atoms with Crippen LogP contribution in [0.5, 0.6) is 0 Å². The van der Waals surface area contributed by atoms with Crippen molar-refractivity contribution < 1.29 is 160 Å². The van der Waals surface area contributed by atoms with E-state index >= 15 is 0 Å². The molecule has 0 bridgehead atoms. The summed E-state index contributed by atoms with van der Waals surface area (Å²) in [6.45, 7) is 0.0196. The molecule has 0 saturated carbocycles. The van der Waals surface area contributed by atoms with Gasteiger partial charge in [-0.25, -0.2) is 0 Å². The Morgan fingerprint density at radius 1 is 0.315 bits per heavy atom. The molecule has 1 heterocycles. The van der Waals surface area contributed by atoms with Crippen molar-refractivity contribution in [1.82, 2.24) is 66.2 Å². The number of rotatable bonds is 80. The molecule has 1 aliphatic rings. The van der Waals surface area contributed by atoms with Crippen molar-refractivity contribution in [1.29, 1.82) is 0 Å². The number of amides is 9. The van der Waals surface area contributed by atoms with Gasteiger partial charge in [0.1, 0.15) is 72.3 Å². The van der Waals surface area contributed by atoms with Crippen LogP contribution in [0.4, 0.5) is 26.3 Å². The largest absolute Gasteiger partial charge is 0.480 e. The lowest BCUT2D eigenvalue weighted by Gasteiger charge is -2.35. The van der Waals surface area contributed by atoms with Crippen LogP contribution in [0, 0.1) is 54.8 Å². The Hall–Kier alpha value is -8.32. The molecule has 7 N–H and O–H groups in total. The van der Waals surface area contributed by atoms with E-state index < -0.39 is 155 Å². The Labute approximate surface area is 758 Å². The highest BCUT2D eigenvalue weighted by molar-refractivity contribution is 5.95. The Balaban J connectivity index is 3.83. The Kier molecular flexibility index (Phi) is 73.0. The normalized spacial score (nSPS) is 13.3. The SMILES string of the molecule is C#CCOCCOCCOCCOCCNC(=O)CN(CC(=O)NCCOCCOCCOCCOCC#C)C(=O)CN(CC(=O)N(CC(=O)NCCOCCOCCOCCOCC#C)CC(=O)NCCOCCOCCOCCOCC#C)C(=O)COCC(CNC(=O)CNC(=O)CN1CCN(CC)CCN(CC)CCN(CC(=O)O)CC1)(CC(F)(F)F)CC(F)(F)F. The van der Waals surface area contributed by atoms with Crippen LogP contribution in [0.3, 0.4) is 0 Å². The lowest BCUT2D eigenvalue weighted by molar-refractivity contribution is -0.205. The summed E-state index contributed by atoms with van der Waals surface area (Å²) < 4.78 is 180. The zero-order chi connectivity index (χ0) is 95.8. The maximum atomic E-state index is 14.9. The third-order valence-corrected chi connectivity index (χ3v) is 18.0. The Morgan fingerprint density at radius 3 is 0.831 bits per heavy atom. The van der Waals surface area contributed by atoms with Gasteiger partial charge in [0.05, 0.1) is 224 Å². The lowest BCUT2D eigenvalue weighted by Crippen LogP contribution is -2.54. The highest BCUT2D eigenvalue weighted by Gasteiger charge is 2.50. The summed E-state index contributed by atoms with van der Waals surface area (Å²) in [6, 6.07) is 0. The van der Waals surface area contributed by atoms with Crippen molar-refractivity contribution in [3.05, 3.63) is 0 Å². The number of aliphatic carboxylic acids is 1. The summed E-state index contributed by atoms with van der Waals surface area (Å²) in [7, 11) is 0. The smallest absolute Gasteiger partial charge is 0.389 e. The maximum absolute atomic E-state index is 14.9. The number of carboxylic acid groups (broad SMARTS) is 1. The highest BCUT2D eigenvalue weighted by atomic mass is 19.4. The number of carbonyl (C=O) groups excluding carboxylic acids is 9. The average molecular weight is 1880 g/mol. The van der Waals surface area contributed by atoms with Crippen LogP contribution in [0.25, 0.3) is 0 Å². The van der Waals surface area contributed by atoms with Gasteiger partial charge in [-0.3, -0.25) is 57.7 Å². The number of ether oxygens (including phenoxy) is 17. The topological polar surface area (TPSA) is 443 Å². The zero-order valence-corrected chi connectivity index (χ0v) is 75.1. The fourth-order valence-corrected chi connectivity index (χ4v) is 11.5. The number of terminal acetylenes is 4. The van der Waals surface area contributed by atoms with Gasteiger partial charge in [0, 0.05) is 90.5 Å². The molecule has 0 aromatic rings. The van der Waals surface area contributed by atoms with Crippen LogP contribution >= 0.6 is 0 Å². The molecule has 0 spiro atoms. The molecular formula is C83H137F6N13O28. The van der Waals surface area contributed by atoms with Crippen LogP contribution in [0.15, 0.2) is 0 Å². The number of carbonyl (C=O) groups is 10. The fourth-order valence-electron chi connectivity index (χ4n) is 11.5. The van der Waals surface area contributed by atoms with Crippen LogP contribution in [-0.2, 0) is 128 Å². The van der Waals surface area contributed by atoms with Crippen molar-refractivity contribution >= 4 is 59.1 Å². The van der Waals surface area contributed by atoms with Crippen LogP contribution in [0.1, 0.15) is 26.7 Å². The third-order valence-electron chi connectivity index (χ3n) is 18.0. The number of halogens is 6. The van der Waals surface area contributed by atoms with Crippen molar-refractivity contribution in [2.24, 2.45) is 5.41 Å². The minimum Gasteiger partial charge on any atom is -0.480 e. The van der Waals surface area contributed by atoms with E-state index in [1.54, 1.807) is 9.80 Å². The summed E-state index contributed by atoms with van der Waals surface area (Å²) >= 11 is 0. The molecule has 130 heavy (non-hydrogen) atoms. The molecule has 1 fully saturated rings. The third kappa shape index (κ3) is 71.4. The molecule has 0 aromatic heterocycles. The van der Waals surface area contributed by atoms with Gasteiger partial charge in [-0.15, -0.1) is 25.7 Å². The summed E-state index contributed by atoms with van der Waals surface area (Å²) in [5.41, 5.74) is -3.19. The summed E-state index contributed by atoms with van der Waals surface area (Å²) in [4.78, 5) is 148. The first-order valence-electron chi connectivity index (χ1n) is 42.8. The number of carboxylic acids is 1. The molecule has 744 valence electrons. The number of alkyl halides is 6. The van der Waals surface area contributed by atoms with E-state index in [4.69, 9.17) is 106 Å². The van der Waals surface area contributed by atoms with Crippen molar-refractivity contribution in [3.8, 4) is 49.4 Å². The van der Waals surface area contributed by atoms with E-state index in [2.05, 4.69) is 60.1 Å². The molecule has 0 unspecified atom stereocenters. The predicted molar refractivity (Wildman–Crippen MR) is 456 cm³/mol. The highest BCUT2D eigenvalue weighted by Crippen LogP contribution is 2.42. The quantitative estimate of drug-likeness (QED) is 0.0175. The first-order chi connectivity index (χ1) is 62.6. The van der Waals surface area contributed by atoms with Crippen molar-refractivity contribution in [2.45, 2.75) is 39.0 Å². The monoisotopic (exact) mass is 1880 g/mol. The molecule has 1 saturated heterocycles.